The van der Waals surface area contributed by atoms with E-state index in [1.165, 1.54) is 12.1 Å². The standard InChI is InChI=1S/C28H25N9O13S2/c1-11(38)49-17-4-3-13(5-18(17)50-12(2)39)16(40)8-48-33-20(15-7-47-27(29)30-15)23(43)31-21-24(44)37-22(26(45)46)14(9-51-25(21)37)10-52-28-32-34-35-36(28)6-19(41)42/h3-5,7,21,25H,6,8-10H2,1-2H3,(H2,29,30)(H,31,43)(H,41,42)(H,45,46)/b33-20-/t21-,25+/m1/s1. The zero-order valence-electron chi connectivity index (χ0n) is 26.7. The van der Waals surface area contributed by atoms with E-state index in [9.17, 15) is 38.7 Å². The van der Waals surface area contributed by atoms with Gasteiger partial charge < -0.3 is 40.0 Å². The molecule has 1 aromatic carbocycles. The molecular weight excluding hydrogens is 734 g/mol. The Morgan fingerprint density at radius 3 is 2.52 bits per heavy atom. The Morgan fingerprint density at radius 2 is 1.87 bits per heavy atom. The summed E-state index contributed by atoms with van der Waals surface area (Å²) in [4.78, 5) is 95.9. The number of carboxylic acids is 2. The van der Waals surface area contributed by atoms with Gasteiger partial charge in [0.25, 0.3) is 17.8 Å². The number of hydrogen-bond acceptors (Lipinski definition) is 19. The second kappa shape index (κ2) is 15.7. The number of aromatic nitrogens is 5. The van der Waals surface area contributed by atoms with Gasteiger partial charge in [-0.05, 0) is 34.2 Å². The number of carbonyl (C=O) groups is 7. The Morgan fingerprint density at radius 1 is 1.13 bits per heavy atom. The highest BCUT2D eigenvalue weighted by molar-refractivity contribution is 8.01. The van der Waals surface area contributed by atoms with Crippen molar-refractivity contribution < 1.29 is 62.5 Å². The number of β-lactam (4-membered cyclic amide) rings is 1. The molecule has 24 heteroatoms. The van der Waals surface area contributed by atoms with Gasteiger partial charge in [-0.3, -0.25) is 33.7 Å². The molecule has 0 aliphatic carbocycles. The zero-order chi connectivity index (χ0) is 37.7. The number of tetrazole rings is 1. The van der Waals surface area contributed by atoms with Crippen LogP contribution in [-0.4, -0.2) is 117 Å². The molecule has 2 aliphatic heterocycles. The Hall–Kier alpha value is -6.30. The van der Waals surface area contributed by atoms with Crippen LogP contribution in [0.3, 0.4) is 0 Å². The molecule has 2 amide bonds. The number of amides is 2. The highest BCUT2D eigenvalue weighted by Crippen LogP contribution is 2.41. The molecule has 0 saturated carbocycles. The largest absolute Gasteiger partial charge is 0.480 e. The number of oxime groups is 1. The number of benzene rings is 1. The summed E-state index contributed by atoms with van der Waals surface area (Å²) in [5, 5.41) is 35.3. The Kier molecular flexibility index (Phi) is 11.2. The Bertz CT molecular complexity index is 2040. The van der Waals surface area contributed by atoms with E-state index in [1.807, 2.05) is 0 Å². The number of nitrogens with zero attached hydrogens (tertiary/aromatic N) is 7. The summed E-state index contributed by atoms with van der Waals surface area (Å²) in [5.41, 5.74) is 4.79. The molecule has 3 aromatic rings. The normalized spacial score (nSPS) is 16.8. The van der Waals surface area contributed by atoms with Crippen molar-refractivity contribution in [2.45, 2.75) is 37.0 Å². The zero-order valence-corrected chi connectivity index (χ0v) is 28.3. The summed E-state index contributed by atoms with van der Waals surface area (Å²) in [6.07, 6.45) is 0.977. The molecule has 5 N–H and O–H groups in total. The topological polar surface area (TPSA) is 311 Å². The number of anilines is 1. The summed E-state index contributed by atoms with van der Waals surface area (Å²) < 4.78 is 16.0. The van der Waals surface area contributed by atoms with Crippen LogP contribution in [0.4, 0.5) is 6.01 Å². The van der Waals surface area contributed by atoms with E-state index in [1.54, 1.807) is 0 Å². The van der Waals surface area contributed by atoms with Crippen molar-refractivity contribution in [2.75, 3.05) is 23.8 Å². The van der Waals surface area contributed by atoms with Crippen LogP contribution in [0.5, 0.6) is 11.5 Å². The van der Waals surface area contributed by atoms with Gasteiger partial charge in [0.15, 0.2) is 23.8 Å². The number of esters is 2. The maximum absolute atomic E-state index is 13.4. The molecule has 22 nitrogen and oxygen atoms in total. The van der Waals surface area contributed by atoms with Crippen molar-refractivity contribution >= 4 is 76.7 Å². The van der Waals surface area contributed by atoms with E-state index < -0.39 is 71.8 Å². The highest BCUT2D eigenvalue weighted by Gasteiger charge is 2.54. The maximum atomic E-state index is 13.4. The molecule has 0 bridgehead atoms. The fourth-order valence-corrected chi connectivity index (χ4v) is 7.04. The highest BCUT2D eigenvalue weighted by atomic mass is 32.2. The number of rotatable bonds is 15. The lowest BCUT2D eigenvalue weighted by Crippen LogP contribution is -2.71. The first-order valence-corrected chi connectivity index (χ1v) is 16.5. The third kappa shape index (κ3) is 8.35. The smallest absolute Gasteiger partial charge is 0.352 e. The molecule has 2 aromatic heterocycles. The lowest BCUT2D eigenvalue weighted by Gasteiger charge is -2.49. The molecule has 52 heavy (non-hydrogen) atoms. The average molecular weight is 760 g/mol. The SMILES string of the molecule is CC(=O)Oc1ccc(C(=O)CO/N=C(\C(=O)N[C@@H]2C(=O)N3C(C(=O)O)=C(CSc4nnnn4CC(=O)O)CS[C@@H]23)c2coc(N)n2)cc1OC(C)=O. The second-order valence-electron chi connectivity index (χ2n) is 10.5. The summed E-state index contributed by atoms with van der Waals surface area (Å²) >= 11 is 2.15. The third-order valence-electron chi connectivity index (χ3n) is 6.80. The van der Waals surface area contributed by atoms with Gasteiger partial charge in [0, 0.05) is 30.9 Å². The lowest BCUT2D eigenvalue weighted by molar-refractivity contribution is -0.150. The number of thioether (sulfide) groups is 2. The van der Waals surface area contributed by atoms with Crippen molar-refractivity contribution in [3.63, 3.8) is 0 Å². The number of nitrogens with two attached hydrogens (primary N) is 1. The minimum Gasteiger partial charge on any atom is -0.480 e. The molecule has 2 aliphatic rings. The van der Waals surface area contributed by atoms with Gasteiger partial charge in [-0.25, -0.2) is 9.48 Å². The number of hydrogen-bond donors (Lipinski definition) is 4. The molecule has 4 heterocycles. The Labute approximate surface area is 298 Å². The van der Waals surface area contributed by atoms with Crippen LogP contribution in [0.2, 0.25) is 0 Å². The number of fused-ring (bicyclic) bond motifs is 1. The molecule has 1 saturated heterocycles. The van der Waals surface area contributed by atoms with E-state index in [0.29, 0.717) is 5.57 Å². The van der Waals surface area contributed by atoms with Crippen molar-refractivity contribution in [3.8, 4) is 11.5 Å². The van der Waals surface area contributed by atoms with Gasteiger partial charge in [-0.2, -0.15) is 4.98 Å². The molecular formula is C28H25N9O13S2. The number of aliphatic carboxylic acids is 2. The number of Topliss-reactive ketones (excluding diaryl/α,β-unsaturated/α-hetero) is 1. The van der Waals surface area contributed by atoms with Gasteiger partial charge in [-0.15, -0.1) is 16.9 Å². The van der Waals surface area contributed by atoms with Crippen LogP contribution in [0.1, 0.15) is 29.9 Å². The predicted octanol–water partition coefficient (Wildman–Crippen LogP) is -0.687. The van der Waals surface area contributed by atoms with Gasteiger partial charge in [-0.1, -0.05) is 16.9 Å². The average Bonchev–Trinajstić information content (AvgIpc) is 3.71. The van der Waals surface area contributed by atoms with Gasteiger partial charge in [0.2, 0.25) is 10.9 Å². The molecule has 272 valence electrons. The molecule has 5 rings (SSSR count). The minimum absolute atomic E-state index is 0.0179. The second-order valence-corrected chi connectivity index (χ2v) is 12.5. The van der Waals surface area contributed by atoms with Crippen molar-refractivity contribution in [3.05, 3.63) is 47.0 Å². The van der Waals surface area contributed by atoms with Gasteiger partial charge in [0.1, 0.15) is 35.6 Å². The van der Waals surface area contributed by atoms with Crippen LogP contribution in [0.25, 0.3) is 0 Å². The summed E-state index contributed by atoms with van der Waals surface area (Å²) in [6.45, 7) is 0.978. The number of carboxylic acid groups (broad SMARTS) is 2. The van der Waals surface area contributed by atoms with Crippen molar-refractivity contribution in [2.24, 2.45) is 5.16 Å². The number of ketones is 1. The van der Waals surface area contributed by atoms with Crippen LogP contribution in [-0.2, 0) is 40.1 Å². The van der Waals surface area contributed by atoms with Crippen LogP contribution in [0.15, 0.2) is 50.5 Å². The first kappa shape index (κ1) is 37.0. The van der Waals surface area contributed by atoms with Crippen LogP contribution in [0, 0.1) is 0 Å². The first-order valence-electron chi connectivity index (χ1n) is 14.5. The van der Waals surface area contributed by atoms with E-state index in [2.05, 4.69) is 31.0 Å². The van der Waals surface area contributed by atoms with E-state index in [0.717, 1.165) is 59.3 Å². The van der Waals surface area contributed by atoms with Crippen molar-refractivity contribution in [1.29, 1.82) is 0 Å². The molecule has 0 radical (unpaired) electrons. The van der Waals surface area contributed by atoms with Crippen molar-refractivity contribution in [1.82, 2.24) is 35.4 Å². The number of nitrogen functional groups attached to an aromatic ring is 1. The maximum Gasteiger partial charge on any atom is 0.352 e. The summed E-state index contributed by atoms with van der Waals surface area (Å²) in [7, 11) is 0. The van der Waals surface area contributed by atoms with Gasteiger partial charge in [0.05, 0.1) is 0 Å². The van der Waals surface area contributed by atoms with Crippen LogP contribution >= 0.6 is 23.5 Å². The van der Waals surface area contributed by atoms with E-state index in [-0.39, 0.29) is 51.1 Å². The summed E-state index contributed by atoms with van der Waals surface area (Å²) in [5.74, 6) is -6.66. The van der Waals surface area contributed by atoms with Crippen LogP contribution < -0.4 is 20.5 Å². The first-order chi connectivity index (χ1) is 24.7. The molecule has 1 fully saturated rings. The Balaban J connectivity index is 1.28. The number of ether oxygens (including phenoxy) is 2. The summed E-state index contributed by atoms with van der Waals surface area (Å²) in [6, 6.07) is 2.09. The number of carbonyl (C=O) groups excluding carboxylic acids is 5. The molecule has 2 atom stereocenters. The fraction of sp³-hybridized carbons (Fsp3) is 0.286. The third-order valence-corrected chi connectivity index (χ3v) is 9.18. The number of nitrogens with one attached hydrogen (secondary N) is 1. The fourth-order valence-electron chi connectivity index (χ4n) is 4.68. The van der Waals surface area contributed by atoms with Gasteiger partial charge >= 0.3 is 23.9 Å². The quantitative estimate of drug-likeness (QED) is 0.0283. The van der Waals surface area contributed by atoms with E-state index in [4.69, 9.17) is 29.6 Å². The molecule has 0 unspecified atom stereocenters. The minimum atomic E-state index is -1.40. The lowest BCUT2D eigenvalue weighted by atomic mass is 10.0. The number of oxazole rings is 1. The monoisotopic (exact) mass is 759 g/mol. The van der Waals surface area contributed by atoms with E-state index >= 15 is 0 Å². The predicted molar refractivity (Wildman–Crippen MR) is 173 cm³/mol. The molecule has 0 spiro atoms.